The van der Waals surface area contributed by atoms with Crippen molar-refractivity contribution in [3.63, 3.8) is 0 Å². The predicted molar refractivity (Wildman–Crippen MR) is 154 cm³/mol. The minimum absolute atomic E-state index is 0.106. The van der Waals surface area contributed by atoms with E-state index in [9.17, 15) is 9.90 Å². The number of nitrogens with one attached hydrogen (secondary N) is 1. The van der Waals surface area contributed by atoms with Crippen LogP contribution in [0.4, 0.5) is 0 Å². The number of hydrogen-bond acceptors (Lipinski definition) is 7. The third-order valence-electron chi connectivity index (χ3n) is 7.89. The van der Waals surface area contributed by atoms with Crippen molar-refractivity contribution in [1.29, 1.82) is 0 Å². The Bertz CT molecular complexity index is 1410. The maximum Gasteiger partial charge on any atom is 0.237 e. The van der Waals surface area contributed by atoms with E-state index >= 15 is 0 Å². The van der Waals surface area contributed by atoms with E-state index in [0.717, 1.165) is 35.2 Å². The van der Waals surface area contributed by atoms with Crippen LogP contribution in [0.1, 0.15) is 29.5 Å². The number of carbonyl (C=O) groups excluding carboxylic acids is 1. The number of aryl methyl sites for hydroxylation is 2. The molecule has 0 bridgehead atoms. The van der Waals surface area contributed by atoms with Gasteiger partial charge in [-0.25, -0.2) is 4.68 Å². The van der Waals surface area contributed by atoms with Crippen molar-refractivity contribution in [1.82, 2.24) is 25.2 Å². The van der Waals surface area contributed by atoms with Crippen LogP contribution >= 0.6 is 0 Å². The SMILES string of the molecule is COc1ccc(CC2CC(C(=O)NCc3ccc4c(c3)nnn4C)N(C(O)C(N)CCc3ccccc3)C2)cc1. The zero-order chi connectivity index (χ0) is 28.1. The van der Waals surface area contributed by atoms with Crippen molar-refractivity contribution < 1.29 is 14.6 Å². The van der Waals surface area contributed by atoms with Crippen LogP contribution in [0.3, 0.4) is 0 Å². The predicted octanol–water partition coefficient (Wildman–Crippen LogP) is 2.80. The monoisotopic (exact) mass is 542 g/mol. The lowest BCUT2D eigenvalue weighted by Crippen LogP contribution is -2.54. The lowest BCUT2D eigenvalue weighted by Gasteiger charge is -2.32. The van der Waals surface area contributed by atoms with Crippen LogP contribution in [0.15, 0.2) is 72.8 Å². The first-order chi connectivity index (χ1) is 19.4. The number of aliphatic hydroxyl groups excluding tert-OH is 1. The smallest absolute Gasteiger partial charge is 0.237 e. The van der Waals surface area contributed by atoms with Gasteiger partial charge in [-0.05, 0) is 72.6 Å². The summed E-state index contributed by atoms with van der Waals surface area (Å²) in [6.07, 6.45) is 1.92. The summed E-state index contributed by atoms with van der Waals surface area (Å²) in [7, 11) is 3.50. The van der Waals surface area contributed by atoms with Gasteiger partial charge in [0.2, 0.25) is 5.91 Å². The van der Waals surface area contributed by atoms with Gasteiger partial charge < -0.3 is 20.9 Å². The molecule has 0 radical (unpaired) electrons. The van der Waals surface area contributed by atoms with Gasteiger partial charge in [0.15, 0.2) is 0 Å². The summed E-state index contributed by atoms with van der Waals surface area (Å²) in [5.41, 5.74) is 11.5. The number of carbonyl (C=O) groups is 1. The second-order valence-electron chi connectivity index (χ2n) is 10.7. The van der Waals surface area contributed by atoms with Crippen molar-refractivity contribution in [3.8, 4) is 5.75 Å². The number of aliphatic hydroxyl groups is 1. The minimum Gasteiger partial charge on any atom is -0.497 e. The third-order valence-corrected chi connectivity index (χ3v) is 7.89. The summed E-state index contributed by atoms with van der Waals surface area (Å²) in [6, 6.07) is 23.1. The fourth-order valence-electron chi connectivity index (χ4n) is 5.62. The van der Waals surface area contributed by atoms with E-state index in [1.165, 1.54) is 11.1 Å². The Kier molecular flexibility index (Phi) is 8.74. The minimum atomic E-state index is -0.920. The Balaban J connectivity index is 1.27. The lowest BCUT2D eigenvalue weighted by molar-refractivity contribution is -0.130. The molecule has 4 aromatic rings. The summed E-state index contributed by atoms with van der Waals surface area (Å²) in [5, 5.41) is 22.7. The molecule has 0 spiro atoms. The number of nitrogens with two attached hydrogens (primary N) is 1. The first-order valence-electron chi connectivity index (χ1n) is 13.8. The number of benzene rings is 3. The highest BCUT2D eigenvalue weighted by molar-refractivity contribution is 5.82. The van der Waals surface area contributed by atoms with E-state index in [0.29, 0.717) is 25.9 Å². The summed E-state index contributed by atoms with van der Waals surface area (Å²) >= 11 is 0. The average Bonchev–Trinajstić information content (AvgIpc) is 3.58. The molecule has 0 saturated carbocycles. The van der Waals surface area contributed by atoms with Crippen LogP contribution < -0.4 is 15.8 Å². The molecule has 210 valence electrons. The molecule has 4 atom stereocenters. The van der Waals surface area contributed by atoms with Gasteiger partial charge in [-0.2, -0.15) is 0 Å². The van der Waals surface area contributed by atoms with Gasteiger partial charge in [0.25, 0.3) is 0 Å². The van der Waals surface area contributed by atoms with Gasteiger partial charge in [-0.3, -0.25) is 9.69 Å². The highest BCUT2D eigenvalue weighted by Gasteiger charge is 2.41. The van der Waals surface area contributed by atoms with Gasteiger partial charge in [0.1, 0.15) is 17.5 Å². The van der Waals surface area contributed by atoms with Gasteiger partial charge in [-0.1, -0.05) is 53.7 Å². The summed E-state index contributed by atoms with van der Waals surface area (Å²) in [4.78, 5) is 15.4. The van der Waals surface area contributed by atoms with E-state index in [1.54, 1.807) is 11.8 Å². The van der Waals surface area contributed by atoms with Crippen LogP contribution in [0.25, 0.3) is 11.0 Å². The molecule has 1 amide bonds. The van der Waals surface area contributed by atoms with Crippen molar-refractivity contribution in [2.45, 2.75) is 50.5 Å². The highest BCUT2D eigenvalue weighted by atomic mass is 16.5. The second kappa shape index (κ2) is 12.6. The molecule has 1 saturated heterocycles. The van der Waals surface area contributed by atoms with Crippen molar-refractivity contribution in [2.75, 3.05) is 13.7 Å². The highest BCUT2D eigenvalue weighted by Crippen LogP contribution is 2.30. The van der Waals surface area contributed by atoms with Crippen molar-refractivity contribution in [2.24, 2.45) is 18.7 Å². The van der Waals surface area contributed by atoms with E-state index < -0.39 is 18.3 Å². The van der Waals surface area contributed by atoms with Gasteiger partial charge in [0, 0.05) is 26.2 Å². The number of hydrogen-bond donors (Lipinski definition) is 3. The van der Waals surface area contributed by atoms with Crippen LogP contribution in [-0.4, -0.2) is 62.9 Å². The van der Waals surface area contributed by atoms with E-state index in [1.807, 2.05) is 60.5 Å². The molecule has 9 heteroatoms. The Labute approximate surface area is 234 Å². The Hall–Kier alpha value is -3.79. The first kappa shape index (κ1) is 27.8. The fourth-order valence-corrected chi connectivity index (χ4v) is 5.62. The normalized spacial score (nSPS) is 19.0. The molecule has 1 fully saturated rings. The maximum atomic E-state index is 13.5. The molecule has 3 aromatic carbocycles. The lowest BCUT2D eigenvalue weighted by atomic mass is 9.96. The number of fused-ring (bicyclic) bond motifs is 1. The maximum absolute atomic E-state index is 13.5. The molecule has 1 aromatic heterocycles. The topological polar surface area (TPSA) is 119 Å². The Morgan fingerprint density at radius 1 is 1.10 bits per heavy atom. The molecular weight excluding hydrogens is 504 g/mol. The van der Waals surface area contributed by atoms with Crippen molar-refractivity contribution in [3.05, 3.63) is 89.5 Å². The third kappa shape index (κ3) is 6.50. The molecule has 1 aliphatic heterocycles. The quantitative estimate of drug-likeness (QED) is 0.267. The molecule has 5 rings (SSSR count). The Morgan fingerprint density at radius 3 is 2.60 bits per heavy atom. The second-order valence-corrected chi connectivity index (χ2v) is 10.7. The number of likely N-dealkylation sites (tertiary alicyclic amines) is 1. The van der Waals surface area contributed by atoms with Crippen LogP contribution in [0, 0.1) is 5.92 Å². The molecule has 0 aliphatic carbocycles. The van der Waals surface area contributed by atoms with Gasteiger partial charge in [-0.15, -0.1) is 5.10 Å². The number of rotatable bonds is 11. The van der Waals surface area contributed by atoms with E-state index in [2.05, 4.69) is 39.9 Å². The van der Waals surface area contributed by atoms with Crippen LogP contribution in [-0.2, 0) is 31.2 Å². The van der Waals surface area contributed by atoms with E-state index in [-0.39, 0.29) is 11.8 Å². The van der Waals surface area contributed by atoms with Gasteiger partial charge in [0.05, 0.1) is 18.7 Å². The number of ether oxygens (including phenoxy) is 1. The van der Waals surface area contributed by atoms with Gasteiger partial charge >= 0.3 is 0 Å². The number of nitrogens with zero attached hydrogens (tertiary/aromatic N) is 4. The summed E-state index contributed by atoms with van der Waals surface area (Å²) < 4.78 is 7.01. The molecule has 4 N–H and O–H groups in total. The van der Waals surface area contributed by atoms with Crippen LogP contribution in [0.5, 0.6) is 5.75 Å². The molecule has 9 nitrogen and oxygen atoms in total. The largest absolute Gasteiger partial charge is 0.497 e. The molecular formula is C31H38N6O3. The average molecular weight is 543 g/mol. The molecule has 2 heterocycles. The number of methoxy groups -OCH3 is 1. The zero-order valence-electron chi connectivity index (χ0n) is 23.1. The summed E-state index contributed by atoms with van der Waals surface area (Å²) in [5.74, 6) is 0.912. The zero-order valence-corrected chi connectivity index (χ0v) is 23.1. The van der Waals surface area contributed by atoms with E-state index in [4.69, 9.17) is 10.5 Å². The molecule has 4 unspecified atom stereocenters. The Morgan fingerprint density at radius 2 is 1.85 bits per heavy atom. The first-order valence-corrected chi connectivity index (χ1v) is 13.8. The number of amides is 1. The standard InChI is InChI=1S/C31H38N6O3/c1-36-28-15-11-23(17-27(28)34-35-36)19-33-30(38)29-18-24(16-22-8-12-25(40-2)13-9-22)20-37(29)31(39)26(32)14-10-21-6-4-3-5-7-21/h3-9,11-13,15,17,24,26,29,31,39H,10,14,16,18-20,32H2,1-2H3,(H,33,38). The number of aromatic nitrogens is 3. The fraction of sp³-hybridized carbons (Fsp3) is 0.387. The molecule has 40 heavy (non-hydrogen) atoms. The summed E-state index contributed by atoms with van der Waals surface area (Å²) in [6.45, 7) is 0.963. The molecule has 1 aliphatic rings. The van der Waals surface area contributed by atoms with Crippen molar-refractivity contribution >= 4 is 16.9 Å². The van der Waals surface area contributed by atoms with Crippen LogP contribution in [0.2, 0.25) is 0 Å².